The third kappa shape index (κ3) is 3.82. The van der Waals surface area contributed by atoms with Gasteiger partial charge < -0.3 is 14.4 Å². The van der Waals surface area contributed by atoms with E-state index in [1.807, 2.05) is 30.0 Å². The van der Waals surface area contributed by atoms with Gasteiger partial charge in [-0.05, 0) is 68.4 Å². The highest BCUT2D eigenvalue weighted by Crippen LogP contribution is 2.60. The molecule has 4 bridgehead atoms. The van der Waals surface area contributed by atoms with Crippen molar-refractivity contribution in [2.45, 2.75) is 49.7 Å². The van der Waals surface area contributed by atoms with Crippen molar-refractivity contribution >= 4 is 23.4 Å². The minimum atomic E-state index is 0.0951. The zero-order chi connectivity index (χ0) is 19.8. The van der Waals surface area contributed by atoms with Crippen molar-refractivity contribution in [2.75, 3.05) is 30.4 Å². The maximum absolute atomic E-state index is 13.2. The number of benzene rings is 1. The summed E-state index contributed by atoms with van der Waals surface area (Å²) in [7, 11) is 0. The van der Waals surface area contributed by atoms with E-state index in [2.05, 4.69) is 6.07 Å². The summed E-state index contributed by atoms with van der Waals surface area (Å²) in [5, 5.41) is 9.08. The normalized spacial score (nSPS) is 31.3. The summed E-state index contributed by atoms with van der Waals surface area (Å²) in [4.78, 5) is 15.0. The second-order valence-electron chi connectivity index (χ2n) is 9.17. The number of nitriles is 1. The van der Waals surface area contributed by atoms with Crippen LogP contribution in [-0.2, 0) is 4.79 Å². The number of nitrogens with zero attached hydrogens (tertiary/aromatic N) is 2. The minimum absolute atomic E-state index is 0.0951. The number of anilines is 1. The monoisotopic (exact) mass is 412 g/mol. The lowest BCUT2D eigenvalue weighted by molar-refractivity contribution is -0.116. The highest BCUT2D eigenvalue weighted by molar-refractivity contribution is 8.01. The summed E-state index contributed by atoms with van der Waals surface area (Å²) in [5.74, 6) is 4.64. The Morgan fingerprint density at radius 2 is 1.76 bits per heavy atom. The van der Waals surface area contributed by atoms with Crippen LogP contribution in [0.3, 0.4) is 0 Å². The molecule has 1 amide bonds. The Morgan fingerprint density at radius 3 is 2.41 bits per heavy atom. The molecular formula is C23H28N2O3S. The maximum Gasteiger partial charge on any atom is 0.237 e. The van der Waals surface area contributed by atoms with Gasteiger partial charge in [0.15, 0.2) is 11.5 Å². The predicted molar refractivity (Wildman–Crippen MR) is 113 cm³/mol. The van der Waals surface area contributed by atoms with Gasteiger partial charge in [0.1, 0.15) is 13.2 Å². The first-order chi connectivity index (χ1) is 14.1. The van der Waals surface area contributed by atoms with Crippen molar-refractivity contribution in [3.63, 3.8) is 0 Å². The summed E-state index contributed by atoms with van der Waals surface area (Å²) >= 11 is 1.90. The predicted octanol–water partition coefficient (Wildman–Crippen LogP) is 4.41. The summed E-state index contributed by atoms with van der Waals surface area (Å²) in [6, 6.07) is 7.82. The van der Waals surface area contributed by atoms with Crippen LogP contribution in [0.1, 0.15) is 44.9 Å². The van der Waals surface area contributed by atoms with Crippen LogP contribution < -0.4 is 14.4 Å². The van der Waals surface area contributed by atoms with Crippen LogP contribution >= 0.6 is 11.8 Å². The van der Waals surface area contributed by atoms with Gasteiger partial charge in [-0.15, -0.1) is 11.8 Å². The molecule has 6 heteroatoms. The van der Waals surface area contributed by atoms with Gasteiger partial charge in [-0.25, -0.2) is 0 Å². The third-order valence-electron chi connectivity index (χ3n) is 7.07. The van der Waals surface area contributed by atoms with Gasteiger partial charge in [-0.1, -0.05) is 0 Å². The van der Waals surface area contributed by atoms with Crippen LogP contribution in [0.5, 0.6) is 11.5 Å². The van der Waals surface area contributed by atoms with Gasteiger partial charge in [0.25, 0.3) is 0 Å². The molecule has 5 aliphatic rings. The van der Waals surface area contributed by atoms with Crippen LogP contribution in [0, 0.1) is 29.1 Å². The first-order valence-corrected chi connectivity index (χ1v) is 11.8. The van der Waals surface area contributed by atoms with Gasteiger partial charge in [0.05, 0.1) is 18.2 Å². The van der Waals surface area contributed by atoms with E-state index in [-0.39, 0.29) is 5.91 Å². The number of ether oxygens (including phenoxy) is 2. The molecule has 0 radical (unpaired) electrons. The second kappa shape index (κ2) is 7.75. The maximum atomic E-state index is 13.2. The Kier molecular flexibility index (Phi) is 5.11. The Morgan fingerprint density at radius 1 is 1.10 bits per heavy atom. The zero-order valence-corrected chi connectivity index (χ0v) is 17.6. The number of amides is 1. The topological polar surface area (TPSA) is 62.6 Å². The molecule has 0 spiro atoms. The van der Waals surface area contributed by atoms with E-state index < -0.39 is 0 Å². The molecule has 6 rings (SSSR count). The number of hydrogen-bond acceptors (Lipinski definition) is 5. The number of fused-ring (bicyclic) bond motifs is 1. The van der Waals surface area contributed by atoms with Crippen molar-refractivity contribution in [1.29, 1.82) is 5.26 Å². The van der Waals surface area contributed by atoms with E-state index in [9.17, 15) is 4.79 Å². The number of carbonyl (C=O) groups excluding carboxylic acids is 1. The number of thioether (sulfide) groups is 1. The fraction of sp³-hybridized carbons (Fsp3) is 0.652. The molecular weight excluding hydrogens is 384 g/mol. The highest BCUT2D eigenvalue weighted by atomic mass is 32.2. The average Bonchev–Trinajstić information content (AvgIpc) is 2.71. The van der Waals surface area contributed by atoms with Crippen LogP contribution in [0.4, 0.5) is 5.69 Å². The molecule has 1 aromatic rings. The molecule has 0 saturated heterocycles. The largest absolute Gasteiger partial charge is 0.486 e. The van der Waals surface area contributed by atoms with Crippen molar-refractivity contribution in [3.8, 4) is 17.6 Å². The molecule has 1 aromatic carbocycles. The lowest BCUT2D eigenvalue weighted by Gasteiger charge is -2.56. The van der Waals surface area contributed by atoms with E-state index in [4.69, 9.17) is 14.7 Å². The lowest BCUT2D eigenvalue weighted by atomic mass is 9.56. The number of carbonyl (C=O) groups is 1. The first kappa shape index (κ1) is 19.1. The first-order valence-electron chi connectivity index (χ1n) is 10.8. The molecule has 0 N–H and O–H groups in total. The second-order valence-corrected chi connectivity index (χ2v) is 10.6. The quantitative estimate of drug-likeness (QED) is 0.693. The van der Waals surface area contributed by atoms with Crippen molar-refractivity contribution in [1.82, 2.24) is 0 Å². The van der Waals surface area contributed by atoms with Crippen LogP contribution in [0.25, 0.3) is 0 Å². The summed E-state index contributed by atoms with van der Waals surface area (Å²) in [6.07, 6.45) is 8.44. The summed E-state index contributed by atoms with van der Waals surface area (Å²) in [6.45, 7) is 1.48. The fourth-order valence-electron chi connectivity index (χ4n) is 6.26. The SMILES string of the molecule is N#CCCN(C(=O)CSC12CC3CC(CC(C3)C1)C2)c1ccc2c(c1)OCCO2. The molecule has 1 aliphatic heterocycles. The standard InChI is InChI=1S/C23H28N2O3S/c24-4-1-5-25(19-2-3-20-21(11-19)28-7-6-27-20)22(26)15-29-23-12-16-8-17(13-23)10-18(9-16)14-23/h2-3,11,16-18H,1,5-10,12-15H2. The lowest BCUT2D eigenvalue weighted by Crippen LogP contribution is -2.49. The van der Waals surface area contributed by atoms with Gasteiger partial charge in [0, 0.05) is 23.0 Å². The Hall–Kier alpha value is -1.87. The molecule has 4 saturated carbocycles. The van der Waals surface area contributed by atoms with E-state index in [0.29, 0.717) is 42.4 Å². The van der Waals surface area contributed by atoms with Crippen LogP contribution in [0.15, 0.2) is 18.2 Å². The Balaban J connectivity index is 1.30. The average molecular weight is 413 g/mol. The van der Waals surface area contributed by atoms with Crippen LogP contribution in [-0.4, -0.2) is 36.2 Å². The summed E-state index contributed by atoms with van der Waals surface area (Å²) in [5.41, 5.74) is 0.792. The molecule has 5 nitrogen and oxygen atoms in total. The Labute approximate surface area is 176 Å². The van der Waals surface area contributed by atoms with Gasteiger partial charge >= 0.3 is 0 Å². The van der Waals surface area contributed by atoms with Crippen molar-refractivity contribution < 1.29 is 14.3 Å². The fourth-order valence-corrected chi connectivity index (χ4v) is 7.91. The highest BCUT2D eigenvalue weighted by Gasteiger charge is 2.51. The number of rotatable bonds is 6. The van der Waals surface area contributed by atoms with Gasteiger partial charge in [-0.2, -0.15) is 5.26 Å². The zero-order valence-electron chi connectivity index (χ0n) is 16.8. The van der Waals surface area contributed by atoms with Crippen molar-refractivity contribution in [2.24, 2.45) is 17.8 Å². The molecule has 4 aliphatic carbocycles. The number of hydrogen-bond donors (Lipinski definition) is 0. The van der Waals surface area contributed by atoms with E-state index >= 15 is 0 Å². The van der Waals surface area contributed by atoms with Gasteiger partial charge in [-0.3, -0.25) is 4.79 Å². The Bertz CT molecular complexity index is 799. The third-order valence-corrected chi connectivity index (χ3v) is 8.57. The van der Waals surface area contributed by atoms with E-state index in [0.717, 1.165) is 29.2 Å². The van der Waals surface area contributed by atoms with Crippen molar-refractivity contribution in [3.05, 3.63) is 18.2 Å². The molecule has 1 heterocycles. The molecule has 154 valence electrons. The molecule has 4 fully saturated rings. The van der Waals surface area contributed by atoms with E-state index in [1.54, 1.807) is 4.90 Å². The smallest absolute Gasteiger partial charge is 0.237 e. The molecule has 29 heavy (non-hydrogen) atoms. The minimum Gasteiger partial charge on any atom is -0.486 e. The molecule has 0 aromatic heterocycles. The van der Waals surface area contributed by atoms with E-state index in [1.165, 1.54) is 38.5 Å². The molecule has 0 unspecified atom stereocenters. The van der Waals surface area contributed by atoms with Gasteiger partial charge in [0.2, 0.25) is 5.91 Å². The molecule has 0 atom stereocenters. The van der Waals surface area contributed by atoms with Crippen LogP contribution in [0.2, 0.25) is 0 Å². The summed E-state index contributed by atoms with van der Waals surface area (Å²) < 4.78 is 11.6.